The third kappa shape index (κ3) is 2.80. The Balaban J connectivity index is 4.24. The number of hydrogen-bond acceptors (Lipinski definition) is 0. The van der Waals surface area contributed by atoms with E-state index < -0.39 is 7.26 Å². The van der Waals surface area contributed by atoms with Crippen molar-refractivity contribution in [2.24, 2.45) is 0 Å². The van der Waals surface area contributed by atoms with Gasteiger partial charge in [-0.1, -0.05) is 0 Å². The van der Waals surface area contributed by atoms with Gasteiger partial charge in [0, 0.05) is 0 Å². The van der Waals surface area contributed by atoms with Gasteiger partial charge < -0.3 is 0 Å². The molecule has 0 N–H and O–H groups in total. The second kappa shape index (κ2) is 6.08. The molecule has 0 saturated carbocycles. The van der Waals surface area contributed by atoms with E-state index in [1.165, 1.54) is 31.2 Å². The average Bonchev–Trinajstić information content (AvgIpc) is 2.09. The van der Waals surface area contributed by atoms with Gasteiger partial charge in [0.25, 0.3) is 0 Å². The molecule has 0 aliphatic carbocycles. The summed E-state index contributed by atoms with van der Waals surface area (Å²) in [6.45, 7) is 7.13. The first-order valence-electron chi connectivity index (χ1n) is 5.66. The minimum absolute atomic E-state index is 0.842. The Morgan fingerprint density at radius 2 is 1.67 bits per heavy atom. The molecule has 1 unspecified atom stereocenters. The van der Waals surface area contributed by atoms with Gasteiger partial charge in [0.1, 0.15) is 0 Å². The van der Waals surface area contributed by atoms with E-state index in [1.54, 1.807) is 0 Å². The molecule has 12 heavy (non-hydrogen) atoms. The quantitative estimate of drug-likeness (QED) is 0.430. The van der Waals surface area contributed by atoms with Crippen molar-refractivity contribution < 1.29 is 0 Å². The van der Waals surface area contributed by atoms with Gasteiger partial charge in [0.05, 0.1) is 0 Å². The molecule has 0 aliphatic heterocycles. The Kier molecular flexibility index (Phi) is 6.36. The fourth-order valence-electron chi connectivity index (χ4n) is 2.53. The molecule has 0 aromatic rings. The Hall–Kier alpha value is 0.560. The zero-order valence-electron chi connectivity index (χ0n) is 9.61. The van der Waals surface area contributed by atoms with Crippen molar-refractivity contribution in [1.29, 1.82) is 0 Å². The SMILES string of the molecule is BC[PH](CC)(CC)C(B)CCC. The summed E-state index contributed by atoms with van der Waals surface area (Å²) in [5.74, 6) is 0. The summed E-state index contributed by atoms with van der Waals surface area (Å²) in [5.41, 5.74) is 1.04. The molecule has 0 amide bonds. The van der Waals surface area contributed by atoms with E-state index >= 15 is 0 Å². The third-order valence-electron chi connectivity index (χ3n) is 3.88. The summed E-state index contributed by atoms with van der Waals surface area (Å²) in [7, 11) is 4.06. The van der Waals surface area contributed by atoms with Gasteiger partial charge >= 0.3 is 80.5 Å². The van der Waals surface area contributed by atoms with E-state index in [1.807, 2.05) is 0 Å². The van der Waals surface area contributed by atoms with Gasteiger partial charge in [-0.15, -0.1) is 0 Å². The summed E-state index contributed by atoms with van der Waals surface area (Å²) in [6, 6.07) is 1.49. The standard InChI is InChI=1S/C9H25B2P/c1-4-7-9(11)12(5-2,6-3)8-10/h9,12H,4-8,10-11H2,1-3H3. The van der Waals surface area contributed by atoms with Crippen LogP contribution in [0, 0.1) is 0 Å². The normalized spacial score (nSPS) is 15.9. The van der Waals surface area contributed by atoms with Crippen LogP contribution in [-0.4, -0.2) is 39.6 Å². The first kappa shape index (κ1) is 12.6. The molecule has 0 radical (unpaired) electrons. The van der Waals surface area contributed by atoms with Crippen molar-refractivity contribution in [3.05, 3.63) is 0 Å². The van der Waals surface area contributed by atoms with Gasteiger partial charge in [-0.05, 0) is 0 Å². The molecule has 0 aromatic carbocycles. The molecule has 0 rings (SSSR count). The van der Waals surface area contributed by atoms with Crippen LogP contribution in [0.1, 0.15) is 33.6 Å². The molecule has 0 saturated heterocycles. The van der Waals surface area contributed by atoms with Gasteiger partial charge in [-0.25, -0.2) is 0 Å². The molecule has 1 atom stereocenters. The van der Waals surface area contributed by atoms with Gasteiger partial charge in [-0.2, -0.15) is 0 Å². The second-order valence-corrected chi connectivity index (χ2v) is 9.94. The van der Waals surface area contributed by atoms with Crippen LogP contribution in [0.4, 0.5) is 0 Å². The molecule has 0 spiro atoms. The van der Waals surface area contributed by atoms with E-state index in [-0.39, 0.29) is 0 Å². The van der Waals surface area contributed by atoms with Gasteiger partial charge in [0.15, 0.2) is 0 Å². The van der Waals surface area contributed by atoms with Gasteiger partial charge in [-0.3, -0.25) is 0 Å². The van der Waals surface area contributed by atoms with Crippen LogP contribution < -0.4 is 0 Å². The maximum atomic E-state index is 2.49. The predicted octanol–water partition coefficient (Wildman–Crippen LogP) is 1.13. The van der Waals surface area contributed by atoms with Crippen LogP contribution in [0.25, 0.3) is 0 Å². The topological polar surface area (TPSA) is 0 Å². The number of hydrogen-bond donors (Lipinski definition) is 0. The third-order valence-corrected chi connectivity index (χ3v) is 10.5. The predicted molar refractivity (Wildman–Crippen MR) is 70.0 cm³/mol. The first-order chi connectivity index (χ1) is 5.66. The molecule has 0 fully saturated rings. The van der Waals surface area contributed by atoms with E-state index in [0.717, 1.165) is 5.56 Å². The van der Waals surface area contributed by atoms with Crippen LogP contribution in [-0.2, 0) is 0 Å². The Morgan fingerprint density at radius 3 is 1.92 bits per heavy atom. The number of rotatable bonds is 6. The monoisotopic (exact) mass is 186 g/mol. The summed E-state index contributed by atoms with van der Waals surface area (Å²) in [6.07, 6.45) is 5.81. The van der Waals surface area contributed by atoms with E-state index in [2.05, 4.69) is 36.5 Å². The molecular weight excluding hydrogens is 161 g/mol. The van der Waals surface area contributed by atoms with E-state index in [9.17, 15) is 0 Å². The van der Waals surface area contributed by atoms with Crippen LogP contribution in [0.3, 0.4) is 0 Å². The molecule has 0 nitrogen and oxygen atoms in total. The fourth-order valence-corrected chi connectivity index (χ4v) is 7.03. The maximum absolute atomic E-state index is 2.49. The zero-order chi connectivity index (χ0) is 9.61. The van der Waals surface area contributed by atoms with Crippen molar-refractivity contribution in [2.45, 2.75) is 39.2 Å². The van der Waals surface area contributed by atoms with E-state index in [4.69, 9.17) is 0 Å². The molecule has 0 aromatic heterocycles. The van der Waals surface area contributed by atoms with Crippen molar-refractivity contribution in [2.75, 3.05) is 18.4 Å². The molecule has 72 valence electrons. The van der Waals surface area contributed by atoms with Crippen LogP contribution >= 0.6 is 7.26 Å². The summed E-state index contributed by atoms with van der Waals surface area (Å²) in [4.78, 5) is 0. The van der Waals surface area contributed by atoms with Gasteiger partial charge in [0.2, 0.25) is 0 Å². The van der Waals surface area contributed by atoms with Crippen LogP contribution in [0.15, 0.2) is 0 Å². The Morgan fingerprint density at radius 1 is 1.17 bits per heavy atom. The molecule has 0 aliphatic rings. The minimum atomic E-state index is -0.842. The van der Waals surface area contributed by atoms with Crippen LogP contribution in [0.5, 0.6) is 0 Å². The Labute approximate surface area is 81.0 Å². The van der Waals surface area contributed by atoms with Crippen LogP contribution in [0.2, 0.25) is 0 Å². The van der Waals surface area contributed by atoms with Crippen molar-refractivity contribution in [3.63, 3.8) is 0 Å². The van der Waals surface area contributed by atoms with E-state index in [0.29, 0.717) is 0 Å². The molecule has 0 heterocycles. The zero-order valence-corrected chi connectivity index (χ0v) is 10.6. The van der Waals surface area contributed by atoms with Crippen molar-refractivity contribution in [1.82, 2.24) is 0 Å². The summed E-state index contributed by atoms with van der Waals surface area (Å²) in [5, 5.41) is 0. The first-order valence-corrected chi connectivity index (χ1v) is 8.36. The summed E-state index contributed by atoms with van der Waals surface area (Å²) < 4.78 is 0. The van der Waals surface area contributed by atoms with Crippen molar-refractivity contribution >= 4 is 23.0 Å². The second-order valence-electron chi connectivity index (χ2n) is 4.11. The molecular formula is C9H25B2P. The average molecular weight is 186 g/mol. The summed E-state index contributed by atoms with van der Waals surface area (Å²) >= 11 is 0. The fraction of sp³-hybridized carbons (Fsp3) is 1.00. The Bertz CT molecular complexity index is 105. The van der Waals surface area contributed by atoms with Crippen molar-refractivity contribution in [3.8, 4) is 0 Å². The molecule has 3 heteroatoms. The molecule has 0 bridgehead atoms.